The van der Waals surface area contributed by atoms with Crippen LogP contribution < -0.4 is 0 Å². The number of nitro groups is 1. The smallest absolute Gasteiger partial charge is 0.258 e. The third-order valence-electron chi connectivity index (χ3n) is 2.19. The van der Waals surface area contributed by atoms with Crippen molar-refractivity contribution in [3.05, 3.63) is 40.6 Å². The molecular formula is C10H7N5O2. The van der Waals surface area contributed by atoms with Crippen molar-refractivity contribution in [1.82, 2.24) is 15.0 Å². The fraction of sp³-hybridized carbons (Fsp3) is 0.100. The summed E-state index contributed by atoms with van der Waals surface area (Å²) in [6.45, 7) is 0.0536. The Balaban J connectivity index is 2.46. The number of rotatable bonds is 3. The SMILES string of the molecule is N#CCn1nncc1-c1cccc([N+](=O)[O-])c1. The van der Waals surface area contributed by atoms with Gasteiger partial charge in [0.1, 0.15) is 6.54 Å². The quantitative estimate of drug-likeness (QED) is 0.584. The number of hydrogen-bond donors (Lipinski definition) is 0. The van der Waals surface area contributed by atoms with Crippen LogP contribution in [0.1, 0.15) is 0 Å². The van der Waals surface area contributed by atoms with E-state index in [1.54, 1.807) is 12.1 Å². The molecule has 0 saturated heterocycles. The molecule has 1 heterocycles. The molecule has 0 amide bonds. The number of benzene rings is 1. The minimum absolute atomic E-state index is 0.00722. The van der Waals surface area contributed by atoms with Gasteiger partial charge in [-0.1, -0.05) is 17.3 Å². The molecule has 0 bridgehead atoms. The Kier molecular flexibility index (Phi) is 2.79. The van der Waals surface area contributed by atoms with Crippen molar-refractivity contribution in [3.63, 3.8) is 0 Å². The van der Waals surface area contributed by atoms with Gasteiger partial charge in [0.15, 0.2) is 0 Å². The molecule has 0 unspecified atom stereocenters. The van der Waals surface area contributed by atoms with E-state index in [-0.39, 0.29) is 12.2 Å². The van der Waals surface area contributed by atoms with Crippen LogP contribution >= 0.6 is 0 Å². The summed E-state index contributed by atoms with van der Waals surface area (Å²) in [4.78, 5) is 10.2. The molecule has 0 N–H and O–H groups in total. The summed E-state index contributed by atoms with van der Waals surface area (Å²) in [5.41, 5.74) is 1.18. The summed E-state index contributed by atoms with van der Waals surface area (Å²) < 4.78 is 1.39. The van der Waals surface area contributed by atoms with Crippen LogP contribution in [0.2, 0.25) is 0 Å². The van der Waals surface area contributed by atoms with Crippen LogP contribution in [-0.2, 0) is 6.54 Å². The average Bonchev–Trinajstić information content (AvgIpc) is 2.78. The number of nitriles is 1. The van der Waals surface area contributed by atoms with Gasteiger partial charge in [-0.05, 0) is 0 Å². The molecule has 1 aromatic heterocycles. The van der Waals surface area contributed by atoms with E-state index in [2.05, 4.69) is 10.3 Å². The second-order valence-electron chi connectivity index (χ2n) is 3.24. The lowest BCUT2D eigenvalue weighted by Gasteiger charge is -2.01. The minimum atomic E-state index is -0.470. The molecule has 0 aliphatic rings. The topological polar surface area (TPSA) is 97.6 Å². The lowest BCUT2D eigenvalue weighted by atomic mass is 10.1. The minimum Gasteiger partial charge on any atom is -0.258 e. The first-order valence-corrected chi connectivity index (χ1v) is 4.72. The van der Waals surface area contributed by atoms with Gasteiger partial charge in [-0.15, -0.1) is 5.10 Å². The molecule has 0 radical (unpaired) electrons. The molecule has 0 saturated carbocycles. The van der Waals surface area contributed by atoms with Crippen LogP contribution in [0.3, 0.4) is 0 Å². The number of nitro benzene ring substituents is 1. The summed E-state index contributed by atoms with van der Waals surface area (Å²) in [6.07, 6.45) is 1.47. The first kappa shape index (κ1) is 10.8. The summed E-state index contributed by atoms with van der Waals surface area (Å²) in [6, 6.07) is 8.06. The second-order valence-corrected chi connectivity index (χ2v) is 3.24. The van der Waals surface area contributed by atoms with E-state index in [9.17, 15) is 10.1 Å². The van der Waals surface area contributed by atoms with E-state index in [1.807, 2.05) is 6.07 Å². The Morgan fingerprint density at radius 3 is 3.06 bits per heavy atom. The summed E-state index contributed by atoms with van der Waals surface area (Å²) in [5.74, 6) is 0. The summed E-state index contributed by atoms with van der Waals surface area (Å²) >= 11 is 0. The van der Waals surface area contributed by atoms with E-state index in [4.69, 9.17) is 5.26 Å². The molecule has 0 atom stereocenters. The van der Waals surface area contributed by atoms with E-state index in [0.29, 0.717) is 11.3 Å². The molecule has 84 valence electrons. The highest BCUT2D eigenvalue weighted by molar-refractivity contribution is 5.61. The number of non-ortho nitro benzene ring substituents is 1. The molecule has 2 aromatic rings. The second kappa shape index (κ2) is 4.40. The largest absolute Gasteiger partial charge is 0.270 e. The first-order valence-electron chi connectivity index (χ1n) is 4.72. The first-order chi connectivity index (χ1) is 8.22. The van der Waals surface area contributed by atoms with Crippen LogP contribution in [0.4, 0.5) is 5.69 Å². The third-order valence-corrected chi connectivity index (χ3v) is 2.19. The molecule has 2 rings (SSSR count). The zero-order valence-electron chi connectivity index (χ0n) is 8.65. The van der Waals surface area contributed by atoms with Gasteiger partial charge in [-0.3, -0.25) is 10.1 Å². The maximum absolute atomic E-state index is 10.6. The zero-order valence-corrected chi connectivity index (χ0v) is 8.65. The number of aromatic nitrogens is 3. The van der Waals surface area contributed by atoms with Crippen molar-refractivity contribution in [2.45, 2.75) is 6.54 Å². The van der Waals surface area contributed by atoms with Crippen molar-refractivity contribution >= 4 is 5.69 Å². The summed E-state index contributed by atoms with van der Waals surface area (Å²) in [7, 11) is 0. The third kappa shape index (κ3) is 2.10. The lowest BCUT2D eigenvalue weighted by molar-refractivity contribution is -0.384. The van der Waals surface area contributed by atoms with Crippen LogP contribution in [-0.4, -0.2) is 19.9 Å². The van der Waals surface area contributed by atoms with E-state index in [1.165, 1.54) is 23.0 Å². The van der Waals surface area contributed by atoms with E-state index >= 15 is 0 Å². The Morgan fingerprint density at radius 2 is 2.35 bits per heavy atom. The molecular weight excluding hydrogens is 222 g/mol. The van der Waals surface area contributed by atoms with Crippen LogP contribution in [0, 0.1) is 21.4 Å². The normalized spacial score (nSPS) is 9.82. The average molecular weight is 229 g/mol. The molecule has 1 aromatic carbocycles. The fourth-order valence-corrected chi connectivity index (χ4v) is 1.44. The predicted molar refractivity (Wildman–Crippen MR) is 57.7 cm³/mol. The van der Waals surface area contributed by atoms with E-state index in [0.717, 1.165) is 0 Å². The van der Waals surface area contributed by atoms with Crippen molar-refractivity contribution in [2.75, 3.05) is 0 Å². The molecule has 7 heteroatoms. The monoisotopic (exact) mass is 229 g/mol. The van der Waals surface area contributed by atoms with Crippen molar-refractivity contribution in [2.24, 2.45) is 0 Å². The Bertz CT molecular complexity index is 599. The number of nitrogens with zero attached hydrogens (tertiary/aromatic N) is 5. The Labute approximate surface area is 96.1 Å². The molecule has 7 nitrogen and oxygen atoms in total. The Morgan fingerprint density at radius 1 is 1.53 bits per heavy atom. The highest BCUT2D eigenvalue weighted by Gasteiger charge is 2.10. The molecule has 17 heavy (non-hydrogen) atoms. The van der Waals surface area contributed by atoms with Gasteiger partial charge in [0, 0.05) is 17.7 Å². The van der Waals surface area contributed by atoms with Gasteiger partial charge in [-0.2, -0.15) is 5.26 Å². The molecule has 0 aliphatic carbocycles. The Hall–Kier alpha value is -2.75. The van der Waals surface area contributed by atoms with Crippen molar-refractivity contribution in [1.29, 1.82) is 5.26 Å². The van der Waals surface area contributed by atoms with Crippen LogP contribution in [0.5, 0.6) is 0 Å². The maximum Gasteiger partial charge on any atom is 0.270 e. The molecule has 0 fully saturated rings. The molecule has 0 spiro atoms. The molecule has 0 aliphatic heterocycles. The highest BCUT2D eigenvalue weighted by Crippen LogP contribution is 2.22. The van der Waals surface area contributed by atoms with Gasteiger partial charge in [0.2, 0.25) is 0 Å². The van der Waals surface area contributed by atoms with Crippen molar-refractivity contribution in [3.8, 4) is 17.3 Å². The zero-order chi connectivity index (χ0) is 12.3. The standard InChI is InChI=1S/C10H7N5O2/c11-4-5-14-10(7-12-13-14)8-2-1-3-9(6-8)15(16)17/h1-3,6-7H,5H2. The van der Waals surface area contributed by atoms with Crippen LogP contribution in [0.15, 0.2) is 30.5 Å². The lowest BCUT2D eigenvalue weighted by Crippen LogP contribution is -2.00. The summed E-state index contributed by atoms with van der Waals surface area (Å²) in [5, 5.41) is 26.7. The highest BCUT2D eigenvalue weighted by atomic mass is 16.6. The van der Waals surface area contributed by atoms with Gasteiger partial charge in [0.05, 0.1) is 22.9 Å². The van der Waals surface area contributed by atoms with Crippen molar-refractivity contribution < 1.29 is 4.92 Å². The fourth-order valence-electron chi connectivity index (χ4n) is 1.44. The van der Waals surface area contributed by atoms with Gasteiger partial charge in [0.25, 0.3) is 5.69 Å². The van der Waals surface area contributed by atoms with E-state index < -0.39 is 4.92 Å². The maximum atomic E-state index is 10.6. The number of hydrogen-bond acceptors (Lipinski definition) is 5. The van der Waals surface area contributed by atoms with Gasteiger partial charge in [-0.25, -0.2) is 4.68 Å². The predicted octanol–water partition coefficient (Wildman–Crippen LogP) is 1.38. The van der Waals surface area contributed by atoms with Gasteiger partial charge >= 0.3 is 0 Å². The van der Waals surface area contributed by atoms with Gasteiger partial charge < -0.3 is 0 Å². The van der Waals surface area contributed by atoms with Crippen LogP contribution in [0.25, 0.3) is 11.3 Å².